The number of hydrogen-bond acceptors (Lipinski definition) is 6. The number of benzene rings is 1. The zero-order valence-corrected chi connectivity index (χ0v) is 22.5. The lowest BCUT2D eigenvalue weighted by Crippen LogP contribution is -2.56. The highest BCUT2D eigenvalue weighted by Crippen LogP contribution is 2.49. The number of carbonyl (C=O) groups excluding carboxylic acids is 1. The minimum atomic E-state index is -1.53. The number of halogens is 1. The molecule has 0 aliphatic carbocycles. The summed E-state index contributed by atoms with van der Waals surface area (Å²) in [6.07, 6.45) is 5.21. The lowest BCUT2D eigenvalue weighted by atomic mass is 9.86. The minimum Gasteiger partial charge on any atom is -0.479 e. The van der Waals surface area contributed by atoms with Gasteiger partial charge in [0.15, 0.2) is 5.54 Å². The molecule has 10 heteroatoms. The van der Waals surface area contributed by atoms with Gasteiger partial charge in [0.1, 0.15) is 5.01 Å². The molecule has 0 bridgehead atoms. The molecule has 0 unspecified atom stereocenters. The summed E-state index contributed by atoms with van der Waals surface area (Å²) in [6.45, 7) is 6.62. The maximum absolute atomic E-state index is 14.2. The number of aromatic nitrogens is 3. The topological polar surface area (TPSA) is 97.5 Å². The number of thiazole rings is 1. The summed E-state index contributed by atoms with van der Waals surface area (Å²) in [5.41, 5.74) is -0.176. The van der Waals surface area contributed by atoms with Crippen molar-refractivity contribution in [3.8, 4) is 0 Å². The molecule has 1 saturated heterocycles. The number of aliphatic carboxylic acids is 1. The second kappa shape index (κ2) is 9.83. The molecule has 0 radical (unpaired) electrons. The number of likely N-dealkylation sites (tertiary alicyclic amines) is 1. The largest absolute Gasteiger partial charge is 0.479 e. The van der Waals surface area contributed by atoms with Gasteiger partial charge in [-0.2, -0.15) is 5.10 Å². The minimum absolute atomic E-state index is 0.0183. The Bertz CT molecular complexity index is 1190. The van der Waals surface area contributed by atoms with Crippen molar-refractivity contribution in [2.75, 3.05) is 13.7 Å². The van der Waals surface area contributed by atoms with E-state index in [0.717, 1.165) is 10.0 Å². The number of methoxy groups -OCH3 is 1. The quantitative estimate of drug-likeness (QED) is 0.446. The maximum Gasteiger partial charge on any atom is 0.331 e. The van der Waals surface area contributed by atoms with Gasteiger partial charge in [-0.3, -0.25) is 9.48 Å². The van der Waals surface area contributed by atoms with Crippen LogP contribution in [0.2, 0.25) is 0 Å². The van der Waals surface area contributed by atoms with Crippen molar-refractivity contribution < 1.29 is 19.4 Å². The molecule has 0 spiro atoms. The van der Waals surface area contributed by atoms with Crippen LogP contribution in [0.1, 0.15) is 54.2 Å². The third kappa shape index (κ3) is 4.79. The van der Waals surface area contributed by atoms with Gasteiger partial charge in [0.05, 0.1) is 19.2 Å². The Hall–Kier alpha value is -2.56. The normalized spacial score (nSPS) is 22.5. The zero-order valence-electron chi connectivity index (χ0n) is 20.1. The molecule has 1 amide bonds. The smallest absolute Gasteiger partial charge is 0.331 e. The summed E-state index contributed by atoms with van der Waals surface area (Å²) >= 11 is 5.04. The Labute approximate surface area is 217 Å². The fourth-order valence-electron chi connectivity index (χ4n) is 4.95. The van der Waals surface area contributed by atoms with E-state index in [1.807, 2.05) is 11.4 Å². The van der Waals surface area contributed by atoms with Crippen LogP contribution in [0.5, 0.6) is 0 Å². The van der Waals surface area contributed by atoms with E-state index in [1.165, 1.54) is 16.2 Å². The summed E-state index contributed by atoms with van der Waals surface area (Å²) in [7, 11) is 1.58. The summed E-state index contributed by atoms with van der Waals surface area (Å²) in [5.74, 6) is -1.69. The van der Waals surface area contributed by atoms with E-state index in [1.54, 1.807) is 48.6 Å². The molecule has 2 aromatic heterocycles. The maximum atomic E-state index is 14.2. The fraction of sp³-hybridized carbons (Fsp3) is 0.440. The van der Waals surface area contributed by atoms with E-state index in [2.05, 4.69) is 46.8 Å². The number of amides is 1. The van der Waals surface area contributed by atoms with Gasteiger partial charge in [0.2, 0.25) is 0 Å². The van der Waals surface area contributed by atoms with Gasteiger partial charge in [-0.25, -0.2) is 9.78 Å². The highest BCUT2D eigenvalue weighted by atomic mass is 79.9. The van der Waals surface area contributed by atoms with Crippen LogP contribution in [0.4, 0.5) is 0 Å². The first-order chi connectivity index (χ1) is 16.6. The Morgan fingerprint density at radius 1 is 1.31 bits per heavy atom. The van der Waals surface area contributed by atoms with Crippen LogP contribution in [-0.4, -0.2) is 55.9 Å². The third-order valence-electron chi connectivity index (χ3n) is 6.49. The lowest BCUT2D eigenvalue weighted by Gasteiger charge is -2.37. The molecule has 0 saturated carbocycles. The average molecular weight is 562 g/mol. The predicted molar refractivity (Wildman–Crippen MR) is 136 cm³/mol. The van der Waals surface area contributed by atoms with Gasteiger partial charge in [-0.1, -0.05) is 42.8 Å². The van der Waals surface area contributed by atoms with E-state index in [9.17, 15) is 14.7 Å². The van der Waals surface area contributed by atoms with Gasteiger partial charge in [0.25, 0.3) is 5.91 Å². The highest BCUT2D eigenvalue weighted by Gasteiger charge is 2.60. The first kappa shape index (κ1) is 25.5. The molecule has 4 rings (SSSR count). The van der Waals surface area contributed by atoms with Crippen molar-refractivity contribution >= 4 is 39.1 Å². The molecule has 3 aromatic rings. The van der Waals surface area contributed by atoms with Crippen LogP contribution in [0, 0.1) is 5.92 Å². The van der Waals surface area contributed by atoms with E-state index >= 15 is 0 Å². The molecule has 1 aliphatic rings. The molecular formula is C25H29BrN4O4S. The van der Waals surface area contributed by atoms with Crippen molar-refractivity contribution in [3.63, 3.8) is 0 Å². The average Bonchev–Trinajstić information content (AvgIpc) is 3.53. The SMILES string of the molecule is COC[C@H]1C[C@@](Cn2cccn2)(C(=O)O)N(C(=O)c2ccc(C(C)(C)C)c(Br)c2)[C@H]1c1nccs1. The number of carboxylic acid groups (broad SMARTS) is 1. The second-order valence-electron chi connectivity index (χ2n) is 9.89. The molecule has 1 fully saturated rings. The van der Waals surface area contributed by atoms with Crippen LogP contribution in [0.3, 0.4) is 0 Å². The Morgan fingerprint density at radius 3 is 2.63 bits per heavy atom. The van der Waals surface area contributed by atoms with Gasteiger partial charge in [0, 0.05) is 47.0 Å². The Balaban J connectivity index is 1.87. The van der Waals surface area contributed by atoms with Crippen molar-refractivity contribution in [1.29, 1.82) is 0 Å². The Morgan fingerprint density at radius 2 is 2.09 bits per heavy atom. The van der Waals surface area contributed by atoms with E-state index in [4.69, 9.17) is 4.74 Å². The van der Waals surface area contributed by atoms with Gasteiger partial charge < -0.3 is 14.7 Å². The van der Waals surface area contributed by atoms with E-state index < -0.39 is 17.6 Å². The van der Waals surface area contributed by atoms with Gasteiger partial charge in [-0.15, -0.1) is 11.3 Å². The molecule has 35 heavy (non-hydrogen) atoms. The van der Waals surface area contributed by atoms with Crippen LogP contribution in [-0.2, 0) is 21.5 Å². The summed E-state index contributed by atoms with van der Waals surface area (Å²) in [6, 6.07) is 6.68. The van der Waals surface area contributed by atoms with E-state index in [0.29, 0.717) is 17.2 Å². The lowest BCUT2D eigenvalue weighted by molar-refractivity contribution is -0.150. The molecular weight excluding hydrogens is 532 g/mol. The van der Waals surface area contributed by atoms with Crippen molar-refractivity contribution in [3.05, 3.63) is 68.8 Å². The fourth-order valence-corrected chi connectivity index (χ4v) is 6.75. The summed E-state index contributed by atoms with van der Waals surface area (Å²) in [5, 5.41) is 17.4. The number of carbonyl (C=O) groups is 2. The molecule has 3 atom stereocenters. The monoisotopic (exact) mass is 560 g/mol. The summed E-state index contributed by atoms with van der Waals surface area (Å²) < 4.78 is 7.86. The number of rotatable bonds is 7. The van der Waals surface area contributed by atoms with Crippen molar-refractivity contribution in [1.82, 2.24) is 19.7 Å². The van der Waals surface area contributed by atoms with Crippen molar-refractivity contribution in [2.24, 2.45) is 5.92 Å². The summed E-state index contributed by atoms with van der Waals surface area (Å²) in [4.78, 5) is 33.2. The third-order valence-corrected chi connectivity index (χ3v) is 8.00. The first-order valence-corrected chi connectivity index (χ1v) is 13.0. The molecule has 8 nitrogen and oxygen atoms in total. The molecule has 3 heterocycles. The van der Waals surface area contributed by atoms with Gasteiger partial charge in [-0.05, 0) is 35.6 Å². The van der Waals surface area contributed by atoms with E-state index in [-0.39, 0.29) is 30.2 Å². The molecule has 1 N–H and O–H groups in total. The first-order valence-electron chi connectivity index (χ1n) is 11.3. The van der Waals surface area contributed by atoms with Gasteiger partial charge >= 0.3 is 5.97 Å². The molecule has 186 valence electrons. The second-order valence-corrected chi connectivity index (χ2v) is 11.7. The highest BCUT2D eigenvalue weighted by molar-refractivity contribution is 9.10. The number of carboxylic acids is 1. The van der Waals surface area contributed by atoms with Crippen LogP contribution < -0.4 is 0 Å². The Kier molecular flexibility index (Phi) is 7.17. The molecule has 1 aromatic carbocycles. The number of nitrogens with zero attached hydrogens (tertiary/aromatic N) is 4. The number of hydrogen-bond donors (Lipinski definition) is 1. The van der Waals surface area contributed by atoms with Crippen molar-refractivity contribution in [2.45, 2.75) is 50.7 Å². The van der Waals surface area contributed by atoms with Crippen LogP contribution in [0.15, 0.2) is 52.7 Å². The standard InChI is InChI=1S/C25H29BrN4O4S/c1-24(2,3)18-7-6-16(12-19(18)26)22(31)30-20(21-27-9-11-35-21)17(14-34-4)13-25(30,23(32)33)15-29-10-5-8-28-29/h5-12,17,20H,13-15H2,1-4H3,(H,32,33)/t17-,20-,25-/m1/s1. The predicted octanol–water partition coefficient (Wildman–Crippen LogP) is 4.77. The zero-order chi connectivity index (χ0) is 25.4. The van der Waals surface area contributed by atoms with Crippen LogP contribution in [0.25, 0.3) is 0 Å². The number of ether oxygens (including phenoxy) is 1. The molecule has 1 aliphatic heterocycles. The van der Waals surface area contributed by atoms with Crippen LogP contribution >= 0.6 is 27.3 Å².